The van der Waals surface area contributed by atoms with E-state index in [0.29, 0.717) is 48.4 Å². The lowest BCUT2D eigenvalue weighted by molar-refractivity contribution is 0.0163. The maximum Gasteiger partial charge on any atom is 0.242 e. The summed E-state index contributed by atoms with van der Waals surface area (Å²) in [5.41, 5.74) is 7.76. The molecule has 8 nitrogen and oxygen atoms in total. The SMILES string of the molecule is Cc1cn2c(-c3ccc(Cl)c(S(=O)(=O)NC4CCC(C)(O)CC4)c3)cnc2c(N)n1. The molecule has 0 atom stereocenters. The number of hydrogen-bond donors (Lipinski definition) is 3. The Morgan fingerprint density at radius 1 is 1.33 bits per heavy atom. The molecule has 0 radical (unpaired) electrons. The maximum absolute atomic E-state index is 13.1. The molecule has 1 aromatic carbocycles. The van der Waals surface area contributed by atoms with Crippen LogP contribution in [0.3, 0.4) is 0 Å². The molecule has 2 aromatic heterocycles. The van der Waals surface area contributed by atoms with Crippen molar-refractivity contribution in [3.8, 4) is 11.3 Å². The number of hydrogen-bond acceptors (Lipinski definition) is 6. The van der Waals surface area contributed by atoms with Crippen LogP contribution >= 0.6 is 11.6 Å². The van der Waals surface area contributed by atoms with Crippen LogP contribution in [0.4, 0.5) is 5.82 Å². The van der Waals surface area contributed by atoms with Gasteiger partial charge in [0.15, 0.2) is 11.5 Å². The zero-order valence-electron chi connectivity index (χ0n) is 16.8. The minimum Gasteiger partial charge on any atom is -0.390 e. The van der Waals surface area contributed by atoms with Gasteiger partial charge in [0.1, 0.15) is 4.90 Å². The number of sulfonamides is 1. The number of fused-ring (bicyclic) bond motifs is 1. The van der Waals surface area contributed by atoms with E-state index in [2.05, 4.69) is 14.7 Å². The first-order chi connectivity index (χ1) is 14.1. The maximum atomic E-state index is 13.1. The van der Waals surface area contributed by atoms with Gasteiger partial charge in [-0.3, -0.25) is 4.40 Å². The summed E-state index contributed by atoms with van der Waals surface area (Å²) in [6, 6.07) is 4.61. The van der Waals surface area contributed by atoms with Crippen LogP contribution in [0.2, 0.25) is 5.02 Å². The Morgan fingerprint density at radius 3 is 2.73 bits per heavy atom. The number of halogens is 1. The van der Waals surface area contributed by atoms with E-state index in [4.69, 9.17) is 17.3 Å². The first-order valence-electron chi connectivity index (χ1n) is 9.70. The van der Waals surface area contributed by atoms with Crippen LogP contribution in [-0.4, -0.2) is 39.5 Å². The highest BCUT2D eigenvalue weighted by Crippen LogP contribution is 2.32. The van der Waals surface area contributed by atoms with Gasteiger partial charge in [0.25, 0.3) is 0 Å². The van der Waals surface area contributed by atoms with Crippen molar-refractivity contribution in [2.24, 2.45) is 0 Å². The Kier molecular flexibility index (Phi) is 5.26. The van der Waals surface area contributed by atoms with Crippen molar-refractivity contribution in [1.29, 1.82) is 0 Å². The second kappa shape index (κ2) is 7.49. The molecule has 3 aromatic rings. The standard InChI is InChI=1S/C20H24ClN5O3S/c1-12-11-26-16(10-23-19(26)18(22)24-12)13-3-4-15(21)17(9-13)30(28,29)25-14-5-7-20(2,27)8-6-14/h3-4,9-11,14,25,27H,5-8H2,1-2H3,(H2,22,24). The molecule has 0 spiro atoms. The zero-order valence-corrected chi connectivity index (χ0v) is 18.3. The van der Waals surface area contributed by atoms with Crippen molar-refractivity contribution in [1.82, 2.24) is 19.1 Å². The fourth-order valence-electron chi connectivity index (χ4n) is 3.86. The highest BCUT2D eigenvalue weighted by molar-refractivity contribution is 7.89. The summed E-state index contributed by atoms with van der Waals surface area (Å²) in [6.07, 6.45) is 5.66. The monoisotopic (exact) mass is 449 g/mol. The molecule has 0 bridgehead atoms. The number of nitrogens with two attached hydrogens (primary N) is 1. The first-order valence-corrected chi connectivity index (χ1v) is 11.6. The van der Waals surface area contributed by atoms with Crippen LogP contribution in [0.5, 0.6) is 0 Å². The minimum absolute atomic E-state index is 0.00713. The van der Waals surface area contributed by atoms with Gasteiger partial charge in [0.05, 0.1) is 28.2 Å². The molecule has 1 saturated carbocycles. The first kappa shape index (κ1) is 21.0. The third-order valence-electron chi connectivity index (χ3n) is 5.54. The average Bonchev–Trinajstić information content (AvgIpc) is 3.08. The van der Waals surface area contributed by atoms with Crippen molar-refractivity contribution >= 4 is 33.1 Å². The smallest absolute Gasteiger partial charge is 0.242 e. The lowest BCUT2D eigenvalue weighted by Gasteiger charge is -2.33. The third kappa shape index (κ3) is 4.02. The Labute approximate surface area is 180 Å². The van der Waals surface area contributed by atoms with Gasteiger partial charge in [0, 0.05) is 17.8 Å². The Balaban J connectivity index is 1.69. The van der Waals surface area contributed by atoms with Gasteiger partial charge in [-0.25, -0.2) is 23.1 Å². The largest absolute Gasteiger partial charge is 0.390 e. The molecule has 160 valence electrons. The van der Waals surface area contributed by atoms with E-state index in [-0.39, 0.29) is 16.0 Å². The lowest BCUT2D eigenvalue weighted by Crippen LogP contribution is -2.42. The molecule has 0 amide bonds. The normalized spacial score (nSPS) is 22.5. The van der Waals surface area contributed by atoms with Crippen LogP contribution in [0, 0.1) is 6.92 Å². The number of nitrogen functional groups attached to an aromatic ring is 1. The van der Waals surface area contributed by atoms with Crippen molar-refractivity contribution in [2.45, 2.75) is 56.1 Å². The summed E-state index contributed by atoms with van der Waals surface area (Å²) in [5, 5.41) is 10.2. The highest BCUT2D eigenvalue weighted by atomic mass is 35.5. The van der Waals surface area contributed by atoms with Crippen molar-refractivity contribution in [3.05, 3.63) is 41.3 Å². The quantitative estimate of drug-likeness (QED) is 0.562. The van der Waals surface area contributed by atoms with Gasteiger partial charge in [-0.2, -0.15) is 0 Å². The number of imidazole rings is 1. The van der Waals surface area contributed by atoms with Gasteiger partial charge in [-0.15, -0.1) is 0 Å². The molecule has 1 aliphatic carbocycles. The summed E-state index contributed by atoms with van der Waals surface area (Å²) < 4.78 is 30.7. The molecular formula is C20H24ClN5O3S. The van der Waals surface area contributed by atoms with E-state index in [1.807, 2.05) is 6.92 Å². The van der Waals surface area contributed by atoms with E-state index in [1.165, 1.54) is 0 Å². The van der Waals surface area contributed by atoms with Crippen molar-refractivity contribution in [3.63, 3.8) is 0 Å². The fraction of sp³-hybridized carbons (Fsp3) is 0.400. The molecule has 0 unspecified atom stereocenters. The van der Waals surface area contributed by atoms with Gasteiger partial charge >= 0.3 is 0 Å². The molecule has 1 fully saturated rings. The van der Waals surface area contributed by atoms with Crippen LogP contribution in [0.1, 0.15) is 38.3 Å². The third-order valence-corrected chi connectivity index (χ3v) is 7.54. The number of aliphatic hydroxyl groups is 1. The average molecular weight is 450 g/mol. The van der Waals surface area contributed by atoms with E-state index in [9.17, 15) is 13.5 Å². The summed E-state index contributed by atoms with van der Waals surface area (Å²) in [5.74, 6) is 0.304. The zero-order chi connectivity index (χ0) is 21.7. The number of aromatic nitrogens is 3. The second-order valence-corrected chi connectivity index (χ2v) is 10.2. The van der Waals surface area contributed by atoms with Gasteiger partial charge in [-0.05, 0) is 51.7 Å². The Morgan fingerprint density at radius 2 is 2.03 bits per heavy atom. The Bertz CT molecular complexity index is 1210. The predicted molar refractivity (Wildman–Crippen MR) is 116 cm³/mol. The molecule has 0 aliphatic heterocycles. The van der Waals surface area contributed by atoms with Crippen LogP contribution in [0.15, 0.2) is 35.5 Å². The molecular weight excluding hydrogens is 426 g/mol. The van der Waals surface area contributed by atoms with Crippen LogP contribution < -0.4 is 10.5 Å². The van der Waals surface area contributed by atoms with Crippen molar-refractivity contribution < 1.29 is 13.5 Å². The molecule has 30 heavy (non-hydrogen) atoms. The highest BCUT2D eigenvalue weighted by Gasteiger charge is 2.31. The molecule has 1 aliphatic rings. The van der Waals surface area contributed by atoms with E-state index in [0.717, 1.165) is 5.69 Å². The number of anilines is 1. The minimum atomic E-state index is -3.84. The number of benzene rings is 1. The van der Waals surface area contributed by atoms with Crippen molar-refractivity contribution in [2.75, 3.05) is 5.73 Å². The molecule has 10 heteroatoms. The molecule has 2 heterocycles. The van der Waals surface area contributed by atoms with E-state index in [1.54, 1.807) is 41.9 Å². The number of nitrogens with zero attached hydrogens (tertiary/aromatic N) is 3. The summed E-state index contributed by atoms with van der Waals surface area (Å²) in [7, 11) is -3.84. The summed E-state index contributed by atoms with van der Waals surface area (Å²) >= 11 is 6.26. The Hall–Kier alpha value is -2.20. The molecule has 4 N–H and O–H groups in total. The lowest BCUT2D eigenvalue weighted by atomic mass is 9.84. The van der Waals surface area contributed by atoms with Crippen LogP contribution in [0.25, 0.3) is 16.9 Å². The van der Waals surface area contributed by atoms with E-state index >= 15 is 0 Å². The van der Waals surface area contributed by atoms with Gasteiger partial charge in [-0.1, -0.05) is 17.7 Å². The van der Waals surface area contributed by atoms with Gasteiger partial charge < -0.3 is 10.8 Å². The number of rotatable bonds is 4. The summed E-state index contributed by atoms with van der Waals surface area (Å²) in [4.78, 5) is 8.52. The molecule has 0 saturated heterocycles. The second-order valence-electron chi connectivity index (χ2n) is 8.14. The summed E-state index contributed by atoms with van der Waals surface area (Å²) in [6.45, 7) is 3.60. The van der Waals surface area contributed by atoms with E-state index < -0.39 is 15.6 Å². The van der Waals surface area contributed by atoms with Gasteiger partial charge in [0.2, 0.25) is 10.0 Å². The fourth-order valence-corrected chi connectivity index (χ4v) is 5.69. The topological polar surface area (TPSA) is 123 Å². The predicted octanol–water partition coefficient (Wildman–Crippen LogP) is 2.91. The van der Waals surface area contributed by atoms with Crippen LogP contribution in [-0.2, 0) is 10.0 Å². The number of nitrogens with one attached hydrogen (secondary N) is 1. The number of aryl methyl sites for hydroxylation is 1. The molecule has 4 rings (SSSR count).